The maximum absolute atomic E-state index is 14.8. The van der Waals surface area contributed by atoms with Crippen LogP contribution in [0.1, 0.15) is 41.1 Å². The van der Waals surface area contributed by atoms with E-state index < -0.39 is 29.4 Å². The number of carbonyl (C=O) groups excluding carboxylic acids is 1. The Bertz CT molecular complexity index is 1460. The lowest BCUT2D eigenvalue weighted by molar-refractivity contribution is -0.210. The molecule has 0 spiro atoms. The second-order valence-electron chi connectivity index (χ2n) is 10.2. The van der Waals surface area contributed by atoms with Gasteiger partial charge in [0.1, 0.15) is 29.9 Å². The highest BCUT2D eigenvalue weighted by Crippen LogP contribution is 2.38. The van der Waals surface area contributed by atoms with Gasteiger partial charge in [-0.1, -0.05) is 36.7 Å². The maximum Gasteiger partial charge on any atom is 0.255 e. The summed E-state index contributed by atoms with van der Waals surface area (Å²) in [6, 6.07) is 16.9. The topological polar surface area (TPSA) is 98.5 Å². The Balaban J connectivity index is 1.20. The van der Waals surface area contributed by atoms with Gasteiger partial charge < -0.3 is 19.9 Å². The summed E-state index contributed by atoms with van der Waals surface area (Å²) in [5, 5.41) is 19.2. The zero-order valence-corrected chi connectivity index (χ0v) is 23.0. The Hall–Kier alpha value is -3.70. The first-order valence-corrected chi connectivity index (χ1v) is 13.5. The molecule has 1 fully saturated rings. The molecule has 2 atom stereocenters. The molecule has 2 unspecified atom stereocenters. The highest BCUT2D eigenvalue weighted by molar-refractivity contribution is 6.30. The molecule has 4 aromatic rings. The lowest BCUT2D eigenvalue weighted by Gasteiger charge is -2.38. The van der Waals surface area contributed by atoms with Crippen molar-refractivity contribution in [1.29, 1.82) is 0 Å². The third-order valence-electron chi connectivity index (χ3n) is 7.28. The molecule has 0 saturated carbocycles. The maximum atomic E-state index is 14.8. The number of nitrogens with one attached hydrogen (secondary N) is 1. The first kappa shape index (κ1) is 28.8. The van der Waals surface area contributed by atoms with Crippen LogP contribution < -0.4 is 5.32 Å². The molecule has 0 bridgehead atoms. The van der Waals surface area contributed by atoms with Crippen LogP contribution in [0.4, 0.5) is 14.5 Å². The number of hydrogen-bond donors (Lipinski definition) is 2. The molecule has 1 amide bonds. The number of benzene rings is 3. The van der Waals surface area contributed by atoms with E-state index in [9.17, 15) is 18.7 Å². The number of anilines is 1. The van der Waals surface area contributed by atoms with Crippen molar-refractivity contribution in [2.45, 2.75) is 31.8 Å². The first-order valence-electron chi connectivity index (χ1n) is 13.1. The quantitative estimate of drug-likeness (QED) is 0.261. The summed E-state index contributed by atoms with van der Waals surface area (Å²) in [6.45, 7) is 2.43. The van der Waals surface area contributed by atoms with Crippen LogP contribution in [0.3, 0.4) is 0 Å². The standard InChI is InChI=1S/C30H29ClF2N4O4/c1-19(30(39,16-37-18-34-17-35-37)26-11-8-24(32)13-27(26)33)12-20-14-40-29(41-15-20)22-4-2-21(3-5-22)28(38)36-25-9-6-23(31)7-10-25/h2-11,13,17-20,29,39H,12,14-16H2,1H3,(H,36,38). The van der Waals surface area contributed by atoms with Gasteiger partial charge in [0.05, 0.1) is 19.8 Å². The number of carbonyl (C=O) groups is 1. The third kappa shape index (κ3) is 6.79. The van der Waals surface area contributed by atoms with E-state index in [2.05, 4.69) is 15.4 Å². The van der Waals surface area contributed by atoms with Crippen molar-refractivity contribution in [3.05, 3.63) is 113 Å². The second-order valence-corrected chi connectivity index (χ2v) is 10.7. The van der Waals surface area contributed by atoms with Crippen LogP contribution in [-0.2, 0) is 21.6 Å². The van der Waals surface area contributed by atoms with E-state index in [4.69, 9.17) is 21.1 Å². The predicted molar refractivity (Wildman–Crippen MR) is 148 cm³/mol. The zero-order valence-electron chi connectivity index (χ0n) is 22.2. The lowest BCUT2D eigenvalue weighted by Crippen LogP contribution is -2.41. The molecular formula is C30H29ClF2N4O4. The molecule has 2 heterocycles. The number of aromatic nitrogens is 3. The van der Waals surface area contributed by atoms with Gasteiger partial charge in [0.25, 0.3) is 5.91 Å². The van der Waals surface area contributed by atoms with Gasteiger partial charge in [-0.05, 0) is 54.8 Å². The van der Waals surface area contributed by atoms with E-state index in [-0.39, 0.29) is 23.9 Å². The molecule has 41 heavy (non-hydrogen) atoms. The average Bonchev–Trinajstić information content (AvgIpc) is 3.47. The van der Waals surface area contributed by atoms with Gasteiger partial charge in [0.15, 0.2) is 6.29 Å². The highest BCUT2D eigenvalue weighted by Gasteiger charge is 2.40. The predicted octanol–water partition coefficient (Wildman–Crippen LogP) is 5.74. The van der Waals surface area contributed by atoms with Crippen LogP contribution in [0.2, 0.25) is 5.02 Å². The minimum atomic E-state index is -1.69. The molecule has 1 saturated heterocycles. The first-order chi connectivity index (χ1) is 19.7. The Kier molecular flexibility index (Phi) is 8.74. The van der Waals surface area contributed by atoms with Crippen LogP contribution >= 0.6 is 11.6 Å². The summed E-state index contributed by atoms with van der Waals surface area (Å²) in [7, 11) is 0. The summed E-state index contributed by atoms with van der Waals surface area (Å²) < 4.78 is 41.8. The SMILES string of the molecule is CC(CC1COC(c2ccc(C(=O)Nc3ccc(Cl)cc3)cc2)OC1)C(O)(Cn1cncn1)c1ccc(F)cc1F. The fourth-order valence-corrected chi connectivity index (χ4v) is 5.13. The monoisotopic (exact) mass is 582 g/mol. The number of hydrogen-bond acceptors (Lipinski definition) is 6. The fourth-order valence-electron chi connectivity index (χ4n) is 5.00. The number of halogens is 3. The zero-order chi connectivity index (χ0) is 29.0. The van der Waals surface area contributed by atoms with Gasteiger partial charge in [0, 0.05) is 39.4 Å². The van der Waals surface area contributed by atoms with Crippen molar-refractivity contribution in [1.82, 2.24) is 14.8 Å². The van der Waals surface area contributed by atoms with Crippen molar-refractivity contribution in [3.8, 4) is 0 Å². The summed E-state index contributed by atoms with van der Waals surface area (Å²) in [6.07, 6.45) is 2.59. The van der Waals surface area contributed by atoms with E-state index in [0.717, 1.165) is 17.7 Å². The Morgan fingerprint density at radius 3 is 2.46 bits per heavy atom. The molecule has 2 N–H and O–H groups in total. The minimum Gasteiger partial charge on any atom is -0.383 e. The molecule has 5 rings (SSSR count). The molecule has 3 aromatic carbocycles. The molecule has 214 valence electrons. The molecular weight excluding hydrogens is 554 g/mol. The number of rotatable bonds is 9. The molecule has 1 aliphatic rings. The number of amides is 1. The Labute approximate surface area is 240 Å². The Morgan fingerprint density at radius 2 is 1.83 bits per heavy atom. The molecule has 0 aliphatic carbocycles. The van der Waals surface area contributed by atoms with E-state index in [0.29, 0.717) is 35.9 Å². The van der Waals surface area contributed by atoms with E-state index in [1.165, 1.54) is 23.4 Å². The summed E-state index contributed by atoms with van der Waals surface area (Å²) in [4.78, 5) is 16.5. The number of aliphatic hydroxyl groups is 1. The van der Waals surface area contributed by atoms with Gasteiger partial charge in [-0.25, -0.2) is 18.4 Å². The summed E-state index contributed by atoms with van der Waals surface area (Å²) >= 11 is 5.89. The van der Waals surface area contributed by atoms with Crippen LogP contribution in [0.15, 0.2) is 79.4 Å². The smallest absolute Gasteiger partial charge is 0.255 e. The van der Waals surface area contributed by atoms with Gasteiger partial charge in [-0.3, -0.25) is 4.79 Å². The summed E-state index contributed by atoms with van der Waals surface area (Å²) in [5.74, 6) is -2.37. The third-order valence-corrected chi connectivity index (χ3v) is 7.54. The van der Waals surface area contributed by atoms with Gasteiger partial charge >= 0.3 is 0 Å². The van der Waals surface area contributed by atoms with Crippen LogP contribution in [0.5, 0.6) is 0 Å². The van der Waals surface area contributed by atoms with Crippen molar-refractivity contribution >= 4 is 23.2 Å². The summed E-state index contributed by atoms with van der Waals surface area (Å²) in [5.41, 5.74) is 0.169. The second kappa shape index (κ2) is 12.4. The van der Waals surface area contributed by atoms with E-state index in [1.807, 2.05) is 0 Å². The van der Waals surface area contributed by atoms with Crippen molar-refractivity contribution < 1.29 is 28.2 Å². The normalized spacial score (nSPS) is 19.3. The highest BCUT2D eigenvalue weighted by atomic mass is 35.5. The Morgan fingerprint density at radius 1 is 1.12 bits per heavy atom. The fraction of sp³-hybridized carbons (Fsp3) is 0.300. The molecule has 0 radical (unpaired) electrons. The van der Waals surface area contributed by atoms with Crippen LogP contribution in [0, 0.1) is 23.5 Å². The van der Waals surface area contributed by atoms with Gasteiger partial charge in [0.2, 0.25) is 0 Å². The van der Waals surface area contributed by atoms with Gasteiger partial charge in [-0.15, -0.1) is 0 Å². The van der Waals surface area contributed by atoms with Gasteiger partial charge in [-0.2, -0.15) is 5.10 Å². The molecule has 1 aromatic heterocycles. The van der Waals surface area contributed by atoms with E-state index in [1.54, 1.807) is 55.5 Å². The van der Waals surface area contributed by atoms with E-state index >= 15 is 0 Å². The average molecular weight is 583 g/mol. The van der Waals surface area contributed by atoms with Crippen LogP contribution in [0.25, 0.3) is 0 Å². The number of nitrogens with zero attached hydrogens (tertiary/aromatic N) is 3. The van der Waals surface area contributed by atoms with Crippen molar-refractivity contribution in [3.63, 3.8) is 0 Å². The largest absolute Gasteiger partial charge is 0.383 e. The lowest BCUT2D eigenvalue weighted by atomic mass is 9.77. The molecule has 11 heteroatoms. The molecule has 1 aliphatic heterocycles. The van der Waals surface area contributed by atoms with Crippen LogP contribution in [-0.4, -0.2) is 39.0 Å². The van der Waals surface area contributed by atoms with Crippen molar-refractivity contribution in [2.24, 2.45) is 11.8 Å². The van der Waals surface area contributed by atoms with Crippen molar-refractivity contribution in [2.75, 3.05) is 18.5 Å². The minimum absolute atomic E-state index is 0.0161. The molecule has 8 nitrogen and oxygen atoms in total. The number of ether oxygens (including phenoxy) is 2.